The van der Waals surface area contributed by atoms with Crippen molar-refractivity contribution in [3.05, 3.63) is 35.9 Å². The Morgan fingerprint density at radius 3 is 2.35 bits per heavy atom. The van der Waals surface area contributed by atoms with Crippen LogP contribution < -0.4 is 16.4 Å². The van der Waals surface area contributed by atoms with Crippen LogP contribution >= 0.6 is 0 Å². The quantitative estimate of drug-likeness (QED) is 0.445. The molecule has 0 saturated heterocycles. The normalized spacial score (nSPS) is 12.8. The van der Waals surface area contributed by atoms with E-state index >= 15 is 0 Å². The Hall–Kier alpha value is -2.74. The number of benzene rings is 1. The second-order valence-corrected chi connectivity index (χ2v) is 4.97. The highest BCUT2D eigenvalue weighted by Crippen LogP contribution is 2.02. The Kier molecular flexibility index (Phi) is 6.88. The number of rotatable bonds is 8. The van der Waals surface area contributed by atoms with Gasteiger partial charge in [-0.3, -0.25) is 19.2 Å². The molecule has 8 heteroatoms. The molecule has 0 heterocycles. The first-order valence-electron chi connectivity index (χ1n) is 6.95. The third-order valence-electron chi connectivity index (χ3n) is 3.02. The molecule has 0 unspecified atom stereocenters. The maximum Gasteiger partial charge on any atom is 0.325 e. The fourth-order valence-electron chi connectivity index (χ4n) is 1.73. The first-order valence-corrected chi connectivity index (χ1v) is 6.95. The van der Waals surface area contributed by atoms with E-state index in [9.17, 15) is 19.2 Å². The number of carbonyl (C=O) groups excluding carboxylic acids is 3. The minimum absolute atomic E-state index is 0.204. The van der Waals surface area contributed by atoms with Gasteiger partial charge in [-0.05, 0) is 18.9 Å². The first-order chi connectivity index (χ1) is 10.8. The van der Waals surface area contributed by atoms with E-state index in [4.69, 9.17) is 10.8 Å². The number of carboxylic acid groups (broad SMARTS) is 1. The van der Waals surface area contributed by atoms with E-state index in [-0.39, 0.29) is 6.42 Å². The van der Waals surface area contributed by atoms with Crippen LogP contribution in [0.4, 0.5) is 0 Å². The van der Waals surface area contributed by atoms with Gasteiger partial charge < -0.3 is 21.5 Å². The van der Waals surface area contributed by atoms with Crippen LogP contribution in [0.3, 0.4) is 0 Å². The summed E-state index contributed by atoms with van der Waals surface area (Å²) in [5, 5.41) is 12.9. The summed E-state index contributed by atoms with van der Waals surface area (Å²) in [6.07, 6.45) is 0.204. The van der Waals surface area contributed by atoms with E-state index in [1.807, 2.05) is 6.07 Å². The van der Waals surface area contributed by atoms with Gasteiger partial charge in [0.05, 0.1) is 12.6 Å². The summed E-state index contributed by atoms with van der Waals surface area (Å²) in [6, 6.07) is 6.87. The lowest BCUT2D eigenvalue weighted by Gasteiger charge is -2.12. The Bertz CT molecular complexity index is 588. The molecule has 2 amide bonds. The third-order valence-corrected chi connectivity index (χ3v) is 3.02. The average molecular weight is 321 g/mol. The molecule has 23 heavy (non-hydrogen) atoms. The molecule has 2 atom stereocenters. The highest BCUT2D eigenvalue weighted by atomic mass is 16.4. The lowest BCUT2D eigenvalue weighted by molar-refractivity contribution is -0.141. The largest absolute Gasteiger partial charge is 0.480 e. The molecular formula is C15H19N3O5. The summed E-state index contributed by atoms with van der Waals surface area (Å²) in [6.45, 7) is 0.781. The second-order valence-electron chi connectivity index (χ2n) is 4.97. The van der Waals surface area contributed by atoms with Gasteiger partial charge in [-0.25, -0.2) is 0 Å². The number of hydrogen-bond donors (Lipinski definition) is 4. The lowest BCUT2D eigenvalue weighted by atomic mass is 10.0. The van der Waals surface area contributed by atoms with Crippen LogP contribution in [0, 0.1) is 0 Å². The number of ketones is 1. The van der Waals surface area contributed by atoms with Gasteiger partial charge in [-0.15, -0.1) is 0 Å². The van der Waals surface area contributed by atoms with Crippen LogP contribution in [-0.4, -0.2) is 47.3 Å². The molecule has 0 saturated carbocycles. The smallest absolute Gasteiger partial charge is 0.325 e. The van der Waals surface area contributed by atoms with Gasteiger partial charge in [0.1, 0.15) is 6.04 Å². The first kappa shape index (κ1) is 18.3. The lowest BCUT2D eigenvalue weighted by Crippen LogP contribution is -2.48. The van der Waals surface area contributed by atoms with Crippen molar-refractivity contribution < 1.29 is 24.3 Å². The van der Waals surface area contributed by atoms with Crippen molar-refractivity contribution in [3.63, 3.8) is 0 Å². The van der Waals surface area contributed by atoms with Crippen molar-refractivity contribution in [2.24, 2.45) is 5.73 Å². The van der Waals surface area contributed by atoms with E-state index in [2.05, 4.69) is 10.6 Å². The van der Waals surface area contributed by atoms with Crippen LogP contribution in [0.15, 0.2) is 30.3 Å². The average Bonchev–Trinajstić information content (AvgIpc) is 2.52. The Morgan fingerprint density at radius 2 is 1.78 bits per heavy atom. The molecule has 0 aliphatic heterocycles. The Balaban J connectivity index is 2.43. The molecule has 1 aromatic carbocycles. The molecule has 124 valence electrons. The van der Waals surface area contributed by atoms with Crippen LogP contribution in [0.5, 0.6) is 0 Å². The SMILES string of the molecule is C[C@H](NC(=O)CNC(=O)C(=O)[C@@H](N)Cc1ccccc1)C(=O)O. The molecule has 0 fully saturated rings. The number of carbonyl (C=O) groups is 4. The molecule has 0 radical (unpaired) electrons. The van der Waals surface area contributed by atoms with Crippen molar-refractivity contribution in [1.29, 1.82) is 0 Å². The predicted molar refractivity (Wildman–Crippen MR) is 81.4 cm³/mol. The molecule has 0 aliphatic rings. The van der Waals surface area contributed by atoms with Crippen LogP contribution in [0.25, 0.3) is 0 Å². The Labute approximate surface area is 133 Å². The van der Waals surface area contributed by atoms with E-state index < -0.39 is 42.2 Å². The topological polar surface area (TPSA) is 139 Å². The van der Waals surface area contributed by atoms with Crippen LogP contribution in [0.2, 0.25) is 0 Å². The van der Waals surface area contributed by atoms with E-state index in [1.54, 1.807) is 24.3 Å². The number of Topliss-reactive ketones (excluding diaryl/α,β-unsaturated/α-hetero) is 1. The number of carboxylic acids is 1. The number of aliphatic carboxylic acids is 1. The fourth-order valence-corrected chi connectivity index (χ4v) is 1.73. The number of nitrogens with two attached hydrogens (primary N) is 1. The van der Waals surface area contributed by atoms with Crippen molar-refractivity contribution in [3.8, 4) is 0 Å². The van der Waals surface area contributed by atoms with Gasteiger partial charge in [0.2, 0.25) is 11.7 Å². The monoisotopic (exact) mass is 321 g/mol. The molecule has 0 spiro atoms. The summed E-state index contributed by atoms with van der Waals surface area (Å²) in [5.41, 5.74) is 6.50. The number of nitrogens with one attached hydrogen (secondary N) is 2. The summed E-state index contributed by atoms with van der Waals surface area (Å²) >= 11 is 0. The summed E-state index contributed by atoms with van der Waals surface area (Å²) in [4.78, 5) is 45.5. The predicted octanol–water partition coefficient (Wildman–Crippen LogP) is -1.17. The van der Waals surface area contributed by atoms with Crippen LogP contribution in [-0.2, 0) is 25.6 Å². The van der Waals surface area contributed by atoms with E-state index in [0.717, 1.165) is 5.56 Å². The van der Waals surface area contributed by atoms with Gasteiger partial charge in [0, 0.05) is 0 Å². The maximum absolute atomic E-state index is 11.8. The molecule has 0 bridgehead atoms. The summed E-state index contributed by atoms with van der Waals surface area (Å²) < 4.78 is 0. The number of amides is 2. The minimum Gasteiger partial charge on any atom is -0.480 e. The van der Waals surface area contributed by atoms with Crippen molar-refractivity contribution >= 4 is 23.6 Å². The zero-order valence-corrected chi connectivity index (χ0v) is 12.6. The van der Waals surface area contributed by atoms with Gasteiger partial charge in [-0.2, -0.15) is 0 Å². The second kappa shape index (κ2) is 8.64. The highest BCUT2D eigenvalue weighted by Gasteiger charge is 2.23. The van der Waals surface area contributed by atoms with Crippen molar-refractivity contribution in [1.82, 2.24) is 10.6 Å². The van der Waals surface area contributed by atoms with Crippen molar-refractivity contribution in [2.75, 3.05) is 6.54 Å². The molecular weight excluding hydrogens is 302 g/mol. The van der Waals surface area contributed by atoms with Crippen LogP contribution in [0.1, 0.15) is 12.5 Å². The molecule has 5 N–H and O–H groups in total. The third kappa shape index (κ3) is 6.27. The van der Waals surface area contributed by atoms with E-state index in [1.165, 1.54) is 6.92 Å². The zero-order valence-electron chi connectivity index (χ0n) is 12.6. The van der Waals surface area contributed by atoms with Gasteiger partial charge in [0.25, 0.3) is 5.91 Å². The standard InChI is InChI=1S/C15H19N3O5/c1-9(15(22)23)18-12(19)8-17-14(21)13(20)11(16)7-10-5-3-2-4-6-10/h2-6,9,11H,7-8,16H2,1H3,(H,17,21)(H,18,19)(H,22,23)/t9-,11-/m0/s1. The molecule has 0 aliphatic carbocycles. The number of hydrogen-bond acceptors (Lipinski definition) is 5. The van der Waals surface area contributed by atoms with Gasteiger partial charge in [-0.1, -0.05) is 30.3 Å². The molecule has 8 nitrogen and oxygen atoms in total. The summed E-state index contributed by atoms with van der Waals surface area (Å²) in [7, 11) is 0. The van der Waals surface area contributed by atoms with Gasteiger partial charge >= 0.3 is 5.97 Å². The van der Waals surface area contributed by atoms with Crippen molar-refractivity contribution in [2.45, 2.75) is 25.4 Å². The molecule has 0 aromatic heterocycles. The highest BCUT2D eigenvalue weighted by molar-refractivity contribution is 6.38. The molecule has 1 rings (SSSR count). The van der Waals surface area contributed by atoms with Gasteiger partial charge in [0.15, 0.2) is 0 Å². The fraction of sp³-hybridized carbons (Fsp3) is 0.333. The zero-order chi connectivity index (χ0) is 17.4. The minimum atomic E-state index is -1.20. The Morgan fingerprint density at radius 1 is 1.17 bits per heavy atom. The van der Waals surface area contributed by atoms with E-state index in [0.29, 0.717) is 0 Å². The summed E-state index contributed by atoms with van der Waals surface area (Å²) in [5.74, 6) is -3.73. The molecule has 1 aromatic rings. The maximum atomic E-state index is 11.8.